The number of rotatable bonds is 3. The summed E-state index contributed by atoms with van der Waals surface area (Å²) in [6.07, 6.45) is 0.550. The predicted molar refractivity (Wildman–Crippen MR) is 132 cm³/mol. The maximum Gasteiger partial charge on any atom is 0.263 e. The Hall–Kier alpha value is -4.48. The summed E-state index contributed by atoms with van der Waals surface area (Å²) in [7, 11) is 0. The van der Waals surface area contributed by atoms with Crippen molar-refractivity contribution in [1.29, 1.82) is 0 Å². The molecule has 168 valence electrons. The van der Waals surface area contributed by atoms with Crippen molar-refractivity contribution in [1.82, 2.24) is 24.3 Å². The second kappa shape index (κ2) is 8.46. The van der Waals surface area contributed by atoms with Crippen LogP contribution in [0.3, 0.4) is 0 Å². The number of pyridine rings is 1. The number of nitrogen functional groups attached to an aromatic ring is 1. The molecule has 0 aliphatic carbocycles. The van der Waals surface area contributed by atoms with Crippen LogP contribution in [0, 0.1) is 18.8 Å². The maximum atomic E-state index is 13.7. The smallest absolute Gasteiger partial charge is 0.263 e. The molecule has 34 heavy (non-hydrogen) atoms. The Balaban J connectivity index is 1.77. The van der Waals surface area contributed by atoms with Crippen molar-refractivity contribution in [3.63, 3.8) is 0 Å². The van der Waals surface area contributed by atoms with Gasteiger partial charge in [0.2, 0.25) is 0 Å². The molecule has 3 N–H and O–H groups in total. The van der Waals surface area contributed by atoms with Gasteiger partial charge in [0.1, 0.15) is 23.9 Å². The van der Waals surface area contributed by atoms with Gasteiger partial charge in [-0.1, -0.05) is 42.3 Å². The molecule has 0 amide bonds. The molecule has 8 nitrogen and oxygen atoms in total. The lowest BCUT2D eigenvalue weighted by atomic mass is 10.1. The molecule has 0 saturated carbocycles. The van der Waals surface area contributed by atoms with Gasteiger partial charge in [-0.25, -0.2) is 14.6 Å². The number of aliphatic hydroxyl groups excluding tert-OH is 1. The zero-order valence-corrected chi connectivity index (χ0v) is 18.7. The van der Waals surface area contributed by atoms with E-state index in [1.165, 1.54) is 6.33 Å². The molecule has 0 radical (unpaired) electrons. The van der Waals surface area contributed by atoms with Gasteiger partial charge in [0.25, 0.3) is 5.56 Å². The molecular formula is C26H22N6O2. The third-order valence-corrected chi connectivity index (χ3v) is 5.62. The average molecular weight is 451 g/mol. The number of aryl methyl sites for hydroxylation is 1. The van der Waals surface area contributed by atoms with Gasteiger partial charge >= 0.3 is 0 Å². The minimum absolute atomic E-state index is 0.100. The van der Waals surface area contributed by atoms with Crippen LogP contribution < -0.4 is 11.3 Å². The summed E-state index contributed by atoms with van der Waals surface area (Å²) in [5, 5.41) is 16.3. The zero-order valence-electron chi connectivity index (χ0n) is 18.7. The van der Waals surface area contributed by atoms with E-state index in [-0.39, 0.29) is 17.9 Å². The first kappa shape index (κ1) is 21.4. The molecule has 1 atom stereocenters. The van der Waals surface area contributed by atoms with Crippen molar-refractivity contribution in [3.05, 3.63) is 88.2 Å². The number of para-hydroxylation sites is 1. The number of aliphatic hydroxyl groups is 1. The molecule has 0 aliphatic rings. The highest BCUT2D eigenvalue weighted by Crippen LogP contribution is 2.24. The minimum atomic E-state index is -0.821. The van der Waals surface area contributed by atoms with E-state index in [0.717, 1.165) is 22.3 Å². The molecule has 0 fully saturated rings. The molecule has 1 unspecified atom stereocenters. The molecule has 5 rings (SSSR count). The number of fused-ring (bicyclic) bond motifs is 2. The summed E-state index contributed by atoms with van der Waals surface area (Å²) < 4.78 is 3.36. The van der Waals surface area contributed by atoms with Crippen molar-refractivity contribution in [2.45, 2.75) is 26.5 Å². The van der Waals surface area contributed by atoms with Crippen LogP contribution in [-0.4, -0.2) is 35.5 Å². The number of benzene rings is 2. The first-order valence-corrected chi connectivity index (χ1v) is 10.8. The Labute approximate surface area is 195 Å². The van der Waals surface area contributed by atoms with Gasteiger partial charge in [-0.05, 0) is 48.9 Å². The number of hydrogen-bond donors (Lipinski definition) is 2. The van der Waals surface area contributed by atoms with Gasteiger partial charge in [0.05, 0.1) is 17.3 Å². The van der Waals surface area contributed by atoms with E-state index >= 15 is 0 Å². The fourth-order valence-corrected chi connectivity index (χ4v) is 4.12. The van der Waals surface area contributed by atoms with Crippen molar-refractivity contribution in [3.8, 4) is 17.5 Å². The second-order valence-corrected chi connectivity index (χ2v) is 8.06. The fraction of sp³-hybridized carbons (Fsp3) is 0.154. The van der Waals surface area contributed by atoms with Crippen LogP contribution in [0.5, 0.6) is 0 Å². The van der Waals surface area contributed by atoms with Gasteiger partial charge in [-0.2, -0.15) is 5.10 Å². The number of hydrogen-bond acceptors (Lipinski definition) is 6. The molecule has 0 saturated heterocycles. The fourth-order valence-electron chi connectivity index (χ4n) is 4.12. The second-order valence-electron chi connectivity index (χ2n) is 8.06. The van der Waals surface area contributed by atoms with Gasteiger partial charge < -0.3 is 10.8 Å². The van der Waals surface area contributed by atoms with Crippen LogP contribution in [0.25, 0.3) is 27.5 Å². The van der Waals surface area contributed by atoms with Gasteiger partial charge in [0.15, 0.2) is 5.65 Å². The molecule has 3 aromatic heterocycles. The van der Waals surface area contributed by atoms with Crippen LogP contribution in [0.1, 0.15) is 23.9 Å². The van der Waals surface area contributed by atoms with Crippen LogP contribution in [-0.2, 0) is 6.54 Å². The molecular weight excluding hydrogens is 428 g/mol. The van der Waals surface area contributed by atoms with E-state index in [1.807, 2.05) is 61.5 Å². The van der Waals surface area contributed by atoms with Crippen LogP contribution in [0.2, 0.25) is 0 Å². The molecule has 2 aromatic carbocycles. The summed E-state index contributed by atoms with van der Waals surface area (Å²) >= 11 is 0. The molecule has 0 bridgehead atoms. The van der Waals surface area contributed by atoms with Crippen molar-refractivity contribution >= 4 is 27.6 Å². The van der Waals surface area contributed by atoms with Gasteiger partial charge in [0, 0.05) is 11.4 Å². The summed E-state index contributed by atoms with van der Waals surface area (Å²) in [6.45, 7) is 3.76. The van der Waals surface area contributed by atoms with Gasteiger partial charge in [-0.15, -0.1) is 0 Å². The standard InChI is InChI=1S/C26H22N6O2/c1-16-7-6-8-18-13-20(32(26(34)22(16)18)19-9-4-3-5-10-19)14-31-25-23(24(27)28-15-29-25)21(30-31)12-11-17(2)33/h3-10,13,15,17,33H,14H2,1-2H3,(H2,27,28,29). The monoisotopic (exact) mass is 450 g/mol. The third kappa shape index (κ3) is 3.68. The molecule has 0 spiro atoms. The summed E-state index contributed by atoms with van der Waals surface area (Å²) in [6, 6.07) is 17.3. The first-order valence-electron chi connectivity index (χ1n) is 10.8. The molecule has 0 aliphatic heterocycles. The largest absolute Gasteiger partial charge is 0.383 e. The van der Waals surface area contributed by atoms with Crippen LogP contribution >= 0.6 is 0 Å². The van der Waals surface area contributed by atoms with E-state index in [1.54, 1.807) is 16.2 Å². The quantitative estimate of drug-likeness (QED) is 0.409. The average Bonchev–Trinajstić information content (AvgIpc) is 3.17. The highest BCUT2D eigenvalue weighted by molar-refractivity contribution is 5.90. The summed E-state index contributed by atoms with van der Waals surface area (Å²) in [5.74, 6) is 5.82. The van der Waals surface area contributed by atoms with E-state index in [2.05, 4.69) is 26.9 Å². The SMILES string of the molecule is Cc1cccc2cc(Cn3nc(C#CC(C)O)c4c(N)ncnc43)n(-c3ccccc3)c(=O)c12. The van der Waals surface area contributed by atoms with Crippen molar-refractivity contribution < 1.29 is 5.11 Å². The lowest BCUT2D eigenvalue weighted by Gasteiger charge is -2.16. The Morgan fingerprint density at radius 1 is 1.09 bits per heavy atom. The normalized spacial score (nSPS) is 12.0. The zero-order chi connectivity index (χ0) is 23.8. The van der Waals surface area contributed by atoms with Crippen molar-refractivity contribution in [2.75, 3.05) is 5.73 Å². The topological polar surface area (TPSA) is 112 Å². The Kier molecular flexibility index (Phi) is 5.32. The van der Waals surface area contributed by atoms with Crippen molar-refractivity contribution in [2.24, 2.45) is 0 Å². The summed E-state index contributed by atoms with van der Waals surface area (Å²) in [4.78, 5) is 22.2. The first-order chi connectivity index (χ1) is 16.4. The highest BCUT2D eigenvalue weighted by Gasteiger charge is 2.18. The van der Waals surface area contributed by atoms with E-state index in [0.29, 0.717) is 22.1 Å². The molecule has 3 heterocycles. The number of aromatic nitrogens is 5. The highest BCUT2D eigenvalue weighted by atomic mass is 16.3. The Morgan fingerprint density at radius 3 is 2.65 bits per heavy atom. The van der Waals surface area contributed by atoms with Gasteiger partial charge in [-0.3, -0.25) is 9.36 Å². The molecule has 8 heteroatoms. The number of anilines is 1. The third-order valence-electron chi connectivity index (χ3n) is 5.62. The maximum absolute atomic E-state index is 13.7. The minimum Gasteiger partial charge on any atom is -0.383 e. The number of nitrogens with two attached hydrogens (primary N) is 1. The summed E-state index contributed by atoms with van der Waals surface area (Å²) in [5.41, 5.74) is 9.29. The van der Waals surface area contributed by atoms with Crippen LogP contribution in [0.4, 0.5) is 5.82 Å². The van der Waals surface area contributed by atoms with E-state index < -0.39 is 6.10 Å². The van der Waals surface area contributed by atoms with E-state index in [9.17, 15) is 9.90 Å². The van der Waals surface area contributed by atoms with Crippen LogP contribution in [0.15, 0.2) is 65.7 Å². The number of nitrogens with zero attached hydrogens (tertiary/aromatic N) is 5. The molecule has 5 aromatic rings. The lowest BCUT2D eigenvalue weighted by molar-refractivity contribution is 0.253. The predicted octanol–water partition coefficient (Wildman–Crippen LogP) is 2.80. The van der Waals surface area contributed by atoms with E-state index in [4.69, 9.17) is 5.73 Å². The Bertz CT molecular complexity index is 1660. The Morgan fingerprint density at radius 2 is 1.88 bits per heavy atom. The lowest BCUT2D eigenvalue weighted by Crippen LogP contribution is -2.24.